The van der Waals surface area contributed by atoms with Crippen LogP contribution in [-0.4, -0.2) is 16.7 Å². The summed E-state index contributed by atoms with van der Waals surface area (Å²) in [5.41, 5.74) is 3.10. The molecule has 0 unspecified atom stereocenters. The first-order chi connectivity index (χ1) is 9.65. The summed E-state index contributed by atoms with van der Waals surface area (Å²) in [4.78, 5) is 8.87. The lowest BCUT2D eigenvalue weighted by Gasteiger charge is -2.00. The van der Waals surface area contributed by atoms with E-state index >= 15 is 0 Å². The van der Waals surface area contributed by atoms with E-state index in [9.17, 15) is 5.11 Å². The first kappa shape index (κ1) is 12.6. The highest BCUT2D eigenvalue weighted by atomic mass is 35.5. The van der Waals surface area contributed by atoms with Crippen molar-refractivity contribution in [2.24, 2.45) is 9.98 Å². The van der Waals surface area contributed by atoms with Crippen molar-refractivity contribution in [2.75, 3.05) is 0 Å². The van der Waals surface area contributed by atoms with Crippen LogP contribution < -0.4 is 0 Å². The molecule has 2 aromatic rings. The minimum Gasteiger partial charge on any atom is -0.506 e. The molecule has 0 radical (unpaired) electrons. The Kier molecular flexibility index (Phi) is 3.12. The van der Waals surface area contributed by atoms with Gasteiger partial charge >= 0.3 is 0 Å². The second kappa shape index (κ2) is 4.94. The van der Waals surface area contributed by atoms with Gasteiger partial charge < -0.3 is 5.11 Å². The highest BCUT2D eigenvalue weighted by molar-refractivity contribution is 6.32. The molecule has 0 aliphatic carbocycles. The van der Waals surface area contributed by atoms with Crippen LogP contribution in [0.2, 0.25) is 5.02 Å². The summed E-state index contributed by atoms with van der Waals surface area (Å²) >= 11 is 5.91. The van der Waals surface area contributed by atoms with Gasteiger partial charge in [-0.1, -0.05) is 48.5 Å². The first-order valence-corrected chi connectivity index (χ1v) is 6.44. The van der Waals surface area contributed by atoms with Crippen molar-refractivity contribution in [1.29, 1.82) is 0 Å². The van der Waals surface area contributed by atoms with Gasteiger partial charge in [-0.2, -0.15) is 0 Å². The number of halogens is 1. The monoisotopic (exact) mass is 282 g/mol. The van der Waals surface area contributed by atoms with E-state index in [2.05, 4.69) is 16.6 Å². The number of hydrogen-bond donors (Lipinski definition) is 1. The molecule has 0 fully saturated rings. The van der Waals surface area contributed by atoms with Crippen molar-refractivity contribution < 1.29 is 5.11 Å². The third-order valence-electron chi connectivity index (χ3n) is 2.99. The standard InChI is InChI=1S/C16H11ClN2O/c1-10-15(11-5-3-2-4-6-11)19-16(18-10)12-7-8-14(20)13(17)9-12/h2-9,20H,1H2. The van der Waals surface area contributed by atoms with Crippen molar-refractivity contribution in [3.63, 3.8) is 0 Å². The van der Waals surface area contributed by atoms with Crippen LogP contribution in [0, 0.1) is 0 Å². The lowest BCUT2D eigenvalue weighted by Crippen LogP contribution is -1.99. The van der Waals surface area contributed by atoms with Gasteiger partial charge in [0.2, 0.25) is 0 Å². The van der Waals surface area contributed by atoms with E-state index in [0.717, 1.165) is 16.8 Å². The molecule has 0 spiro atoms. The van der Waals surface area contributed by atoms with E-state index in [4.69, 9.17) is 11.6 Å². The molecule has 3 nitrogen and oxygen atoms in total. The van der Waals surface area contributed by atoms with Crippen molar-refractivity contribution >= 4 is 23.1 Å². The fourth-order valence-electron chi connectivity index (χ4n) is 1.98. The minimum atomic E-state index is 0.0418. The first-order valence-electron chi connectivity index (χ1n) is 6.06. The van der Waals surface area contributed by atoms with Gasteiger partial charge in [-0.05, 0) is 18.2 Å². The number of hydrogen-bond acceptors (Lipinski definition) is 3. The fraction of sp³-hybridized carbons (Fsp3) is 0. The second-order valence-electron chi connectivity index (χ2n) is 4.37. The van der Waals surface area contributed by atoms with E-state index in [0.29, 0.717) is 11.5 Å². The molecule has 0 atom stereocenters. The van der Waals surface area contributed by atoms with Gasteiger partial charge in [-0.25, -0.2) is 9.98 Å². The Balaban J connectivity index is 2.00. The van der Waals surface area contributed by atoms with Crippen LogP contribution in [0.15, 0.2) is 70.8 Å². The van der Waals surface area contributed by atoms with Gasteiger partial charge in [0.25, 0.3) is 0 Å². The highest BCUT2D eigenvalue weighted by Gasteiger charge is 2.18. The molecule has 0 saturated heterocycles. The summed E-state index contributed by atoms with van der Waals surface area (Å²) in [5.74, 6) is 0.593. The van der Waals surface area contributed by atoms with Crippen LogP contribution in [0.25, 0.3) is 0 Å². The van der Waals surface area contributed by atoms with Crippen LogP contribution in [-0.2, 0) is 0 Å². The lowest BCUT2D eigenvalue weighted by molar-refractivity contribution is 0.475. The average Bonchev–Trinajstić information content (AvgIpc) is 2.85. The summed E-state index contributed by atoms with van der Waals surface area (Å²) in [6.07, 6.45) is 0. The molecule has 2 aromatic carbocycles. The molecule has 0 aromatic heterocycles. The number of phenolic OH excluding ortho intramolecular Hbond substituents is 1. The summed E-state index contributed by atoms with van der Waals surface area (Å²) < 4.78 is 0. The van der Waals surface area contributed by atoms with E-state index in [1.165, 1.54) is 6.07 Å². The Labute approximate surface area is 121 Å². The van der Waals surface area contributed by atoms with Gasteiger partial charge in [-0.3, -0.25) is 0 Å². The molecule has 0 bridgehead atoms. The van der Waals surface area contributed by atoms with Crippen LogP contribution in [0.5, 0.6) is 5.75 Å². The molecule has 0 saturated carbocycles. The number of amidine groups is 1. The van der Waals surface area contributed by atoms with Gasteiger partial charge in [0.15, 0.2) is 5.84 Å². The van der Waals surface area contributed by atoms with E-state index < -0.39 is 0 Å². The Morgan fingerprint density at radius 1 is 0.950 bits per heavy atom. The molecule has 1 aliphatic rings. The quantitative estimate of drug-likeness (QED) is 0.894. The van der Waals surface area contributed by atoms with E-state index in [1.54, 1.807) is 12.1 Å². The number of rotatable bonds is 2. The van der Waals surface area contributed by atoms with Crippen LogP contribution in [0.1, 0.15) is 11.1 Å². The Morgan fingerprint density at radius 3 is 2.40 bits per heavy atom. The van der Waals surface area contributed by atoms with Gasteiger partial charge in [-0.15, -0.1) is 0 Å². The third-order valence-corrected chi connectivity index (χ3v) is 3.29. The Morgan fingerprint density at radius 2 is 1.70 bits per heavy atom. The highest BCUT2D eigenvalue weighted by Crippen LogP contribution is 2.26. The summed E-state index contributed by atoms with van der Waals surface area (Å²) in [6, 6.07) is 14.7. The number of aromatic hydroxyl groups is 1. The van der Waals surface area contributed by atoms with Crippen molar-refractivity contribution in [3.05, 3.63) is 77.0 Å². The summed E-state index contributed by atoms with van der Waals surface area (Å²) in [6.45, 7) is 3.93. The molecule has 3 rings (SSSR count). The topological polar surface area (TPSA) is 45.0 Å². The van der Waals surface area contributed by atoms with E-state index in [-0.39, 0.29) is 10.8 Å². The molecule has 1 N–H and O–H groups in total. The Bertz CT molecular complexity index is 748. The van der Waals surface area contributed by atoms with E-state index in [1.807, 2.05) is 30.3 Å². The summed E-state index contributed by atoms with van der Waals surface area (Å²) in [7, 11) is 0. The zero-order chi connectivity index (χ0) is 14.1. The second-order valence-corrected chi connectivity index (χ2v) is 4.78. The number of phenols is 1. The zero-order valence-electron chi connectivity index (χ0n) is 10.5. The molecule has 0 amide bonds. The average molecular weight is 283 g/mol. The van der Waals surface area contributed by atoms with Gasteiger partial charge in [0.05, 0.1) is 16.4 Å². The molecular weight excluding hydrogens is 272 g/mol. The van der Waals surface area contributed by atoms with Crippen LogP contribution >= 0.6 is 11.6 Å². The Hall–Kier alpha value is -2.39. The molecule has 98 valence electrons. The normalized spacial score (nSPS) is 14.2. The molecule has 20 heavy (non-hydrogen) atoms. The van der Waals surface area contributed by atoms with Gasteiger partial charge in [0, 0.05) is 11.1 Å². The summed E-state index contributed by atoms with van der Waals surface area (Å²) in [5, 5.41) is 9.72. The van der Waals surface area contributed by atoms with Crippen molar-refractivity contribution in [1.82, 2.24) is 0 Å². The lowest BCUT2D eigenvalue weighted by atomic mass is 10.1. The molecular formula is C16H11ClN2O. The molecule has 4 heteroatoms. The smallest absolute Gasteiger partial charge is 0.160 e. The number of nitrogens with zero attached hydrogens (tertiary/aromatic N) is 2. The predicted octanol–water partition coefficient (Wildman–Crippen LogP) is 3.81. The third kappa shape index (κ3) is 2.24. The van der Waals surface area contributed by atoms with Crippen LogP contribution in [0.4, 0.5) is 0 Å². The van der Waals surface area contributed by atoms with Crippen molar-refractivity contribution in [2.45, 2.75) is 0 Å². The minimum absolute atomic E-state index is 0.0418. The number of benzene rings is 2. The molecule has 1 aliphatic heterocycles. The maximum Gasteiger partial charge on any atom is 0.160 e. The predicted molar refractivity (Wildman–Crippen MR) is 81.8 cm³/mol. The van der Waals surface area contributed by atoms with Gasteiger partial charge in [0.1, 0.15) is 5.75 Å². The fourth-order valence-corrected chi connectivity index (χ4v) is 2.16. The van der Waals surface area contributed by atoms with Crippen LogP contribution in [0.3, 0.4) is 0 Å². The zero-order valence-corrected chi connectivity index (χ0v) is 11.3. The van der Waals surface area contributed by atoms with Crippen molar-refractivity contribution in [3.8, 4) is 5.75 Å². The SMILES string of the molecule is C=C1N=C(c2ccc(O)c(Cl)c2)N=C1c1ccccc1. The largest absolute Gasteiger partial charge is 0.506 e. The number of aliphatic imine (C=N–C) groups is 2. The number of allylic oxidation sites excluding steroid dienone is 1. The maximum absolute atomic E-state index is 9.44. The molecule has 1 heterocycles. The maximum atomic E-state index is 9.44.